The molecule has 0 aliphatic carbocycles. The molecular formula is C29H20N4O10S2. The lowest BCUT2D eigenvalue weighted by Gasteiger charge is -2.27. The number of anilines is 1. The molecule has 0 saturated heterocycles. The van der Waals surface area contributed by atoms with Crippen LogP contribution in [0.4, 0.5) is 11.4 Å². The van der Waals surface area contributed by atoms with E-state index in [-0.39, 0.29) is 44.9 Å². The van der Waals surface area contributed by atoms with Crippen molar-refractivity contribution in [1.82, 2.24) is 4.57 Å². The Morgan fingerprint density at radius 2 is 1.38 bits per heavy atom. The van der Waals surface area contributed by atoms with Crippen molar-refractivity contribution >= 4 is 49.5 Å². The normalized spacial score (nSPS) is 15.1. The van der Waals surface area contributed by atoms with Gasteiger partial charge >= 0.3 is 0 Å². The van der Waals surface area contributed by atoms with E-state index in [1.807, 2.05) is 0 Å². The monoisotopic (exact) mass is 648 g/mol. The van der Waals surface area contributed by atoms with Gasteiger partial charge in [0.05, 0.1) is 27.7 Å². The van der Waals surface area contributed by atoms with E-state index in [4.69, 9.17) is 6.57 Å². The molecule has 0 atom stereocenters. The smallest absolute Gasteiger partial charge is 0.294 e. The van der Waals surface area contributed by atoms with Crippen LogP contribution in [0.5, 0.6) is 5.88 Å². The average Bonchev–Trinajstić information content (AvgIpc) is 2.96. The van der Waals surface area contributed by atoms with Gasteiger partial charge in [-0.05, 0) is 79.6 Å². The lowest BCUT2D eigenvalue weighted by atomic mass is 9.94. The molecule has 16 heteroatoms. The highest BCUT2D eigenvalue weighted by atomic mass is 32.2. The summed E-state index contributed by atoms with van der Waals surface area (Å²) in [5.41, 5.74) is -1.79. The third-order valence-electron chi connectivity index (χ3n) is 6.78. The predicted molar refractivity (Wildman–Crippen MR) is 159 cm³/mol. The number of carbonyl (C=O) groups is 2. The second-order valence-electron chi connectivity index (χ2n) is 9.40. The molecule has 3 aromatic rings. The summed E-state index contributed by atoms with van der Waals surface area (Å²) >= 11 is 0. The largest absolute Gasteiger partial charge is 0.502 e. The molecule has 1 aliphatic heterocycles. The summed E-state index contributed by atoms with van der Waals surface area (Å²) in [7, 11) is -9.11. The number of hydrogen-bond acceptors (Lipinski definition) is 9. The SMILES string of the molecule is [C-]#[N+]c1c(C)c(/C=C/C=C2\C(=O)N(c3ccc(S(=O)(=O)O)cc3)C(=O)C(C#N)=C2C)c(=O)n(-c2ccc(S(=O)(=O)O)cc2)c1O. The molecule has 4 rings (SSSR count). The lowest BCUT2D eigenvalue weighted by molar-refractivity contribution is -0.122. The molecule has 45 heavy (non-hydrogen) atoms. The van der Waals surface area contributed by atoms with Gasteiger partial charge in [0.2, 0.25) is 11.6 Å². The zero-order chi connectivity index (χ0) is 33.4. The molecule has 228 valence electrons. The number of nitriles is 1. The van der Waals surface area contributed by atoms with Crippen LogP contribution in [-0.4, -0.2) is 47.4 Å². The van der Waals surface area contributed by atoms with Crippen molar-refractivity contribution in [2.45, 2.75) is 23.6 Å². The topological polar surface area (TPSA) is 216 Å². The first-order chi connectivity index (χ1) is 21.0. The minimum Gasteiger partial charge on any atom is -0.502 e. The highest BCUT2D eigenvalue weighted by molar-refractivity contribution is 7.86. The highest BCUT2D eigenvalue weighted by Crippen LogP contribution is 2.34. The highest BCUT2D eigenvalue weighted by Gasteiger charge is 2.36. The summed E-state index contributed by atoms with van der Waals surface area (Å²) in [6.07, 6.45) is 3.70. The maximum Gasteiger partial charge on any atom is 0.294 e. The summed E-state index contributed by atoms with van der Waals surface area (Å²) in [5.74, 6) is -2.59. The number of benzene rings is 2. The summed E-state index contributed by atoms with van der Waals surface area (Å²) < 4.78 is 64.8. The summed E-state index contributed by atoms with van der Waals surface area (Å²) in [6, 6.07) is 10.1. The van der Waals surface area contributed by atoms with Crippen LogP contribution < -0.4 is 10.5 Å². The molecule has 3 N–H and O–H groups in total. The van der Waals surface area contributed by atoms with Gasteiger partial charge in [0.1, 0.15) is 11.6 Å². The first-order valence-electron chi connectivity index (χ1n) is 12.4. The number of nitrogens with zero attached hydrogens (tertiary/aromatic N) is 4. The van der Waals surface area contributed by atoms with E-state index in [0.29, 0.717) is 4.90 Å². The van der Waals surface area contributed by atoms with E-state index in [0.717, 1.165) is 53.1 Å². The fourth-order valence-corrected chi connectivity index (χ4v) is 5.43. The van der Waals surface area contributed by atoms with Crippen molar-refractivity contribution in [1.29, 1.82) is 5.26 Å². The van der Waals surface area contributed by atoms with Gasteiger partial charge in [-0.3, -0.25) is 28.1 Å². The van der Waals surface area contributed by atoms with Crippen molar-refractivity contribution in [3.63, 3.8) is 0 Å². The Bertz CT molecular complexity index is 2250. The molecule has 2 heterocycles. The Morgan fingerprint density at radius 3 is 1.84 bits per heavy atom. The van der Waals surface area contributed by atoms with Gasteiger partial charge < -0.3 is 5.11 Å². The van der Waals surface area contributed by atoms with Gasteiger partial charge in [0.15, 0.2) is 0 Å². The molecule has 1 aromatic heterocycles. The minimum absolute atomic E-state index is 0.0172. The van der Waals surface area contributed by atoms with Crippen molar-refractivity contribution in [2.24, 2.45) is 0 Å². The molecule has 2 aromatic carbocycles. The molecular weight excluding hydrogens is 628 g/mol. The number of rotatable bonds is 6. The van der Waals surface area contributed by atoms with Crippen LogP contribution in [0.1, 0.15) is 18.1 Å². The van der Waals surface area contributed by atoms with E-state index < -0.39 is 53.3 Å². The molecule has 2 amide bonds. The van der Waals surface area contributed by atoms with E-state index in [9.17, 15) is 50.7 Å². The van der Waals surface area contributed by atoms with Crippen LogP contribution in [0.15, 0.2) is 92.0 Å². The van der Waals surface area contributed by atoms with Gasteiger partial charge in [-0.25, -0.2) is 9.74 Å². The lowest BCUT2D eigenvalue weighted by Crippen LogP contribution is -2.42. The Hall–Kier alpha value is -5.65. The number of hydrogen-bond donors (Lipinski definition) is 3. The van der Waals surface area contributed by atoms with Gasteiger partial charge in [0, 0.05) is 11.1 Å². The van der Waals surface area contributed by atoms with Crippen molar-refractivity contribution in [2.75, 3.05) is 4.90 Å². The van der Waals surface area contributed by atoms with Crippen LogP contribution in [0.3, 0.4) is 0 Å². The number of amides is 2. The molecule has 0 bridgehead atoms. The number of carbonyl (C=O) groups excluding carboxylic acids is 2. The fourth-order valence-electron chi connectivity index (χ4n) is 4.47. The Balaban J connectivity index is 1.83. The second-order valence-corrected chi connectivity index (χ2v) is 12.2. The second kappa shape index (κ2) is 11.8. The summed E-state index contributed by atoms with van der Waals surface area (Å²) in [4.78, 5) is 42.9. The van der Waals surface area contributed by atoms with E-state index in [2.05, 4.69) is 4.85 Å². The fraction of sp³-hybridized carbons (Fsp3) is 0.0690. The molecule has 0 saturated carbocycles. The molecule has 0 spiro atoms. The molecule has 0 fully saturated rings. The summed E-state index contributed by atoms with van der Waals surface area (Å²) in [6.45, 7) is 10.3. The van der Waals surface area contributed by atoms with Crippen molar-refractivity contribution in [3.8, 4) is 17.6 Å². The standard InChI is InChI=1S/C29H20N4O10S2/c1-16-22(26(34)32(28(36)24(16)15-30)18-7-11-20(12-8-18)44(38,39)40)5-4-6-23-17(2)25(31-3)29(37)33(27(23)35)19-9-13-21(14-10-19)45(41,42)43/h4-14,37H,1-2H3,(H,38,39,40)(H,41,42,43)/b6-4+,22-5-. The third kappa shape index (κ3) is 5.94. The quantitative estimate of drug-likeness (QED) is 0.153. The molecule has 0 radical (unpaired) electrons. The van der Waals surface area contributed by atoms with Crippen molar-refractivity contribution in [3.05, 3.63) is 110 Å². The van der Waals surface area contributed by atoms with Gasteiger partial charge in [-0.2, -0.15) is 22.1 Å². The Labute approximate surface area is 256 Å². The Morgan fingerprint density at radius 1 is 0.867 bits per heavy atom. The number of aromatic hydroxyl groups is 1. The van der Waals surface area contributed by atoms with Gasteiger partial charge in [0.25, 0.3) is 37.6 Å². The zero-order valence-corrected chi connectivity index (χ0v) is 24.8. The van der Waals surface area contributed by atoms with Crippen LogP contribution in [0.25, 0.3) is 16.6 Å². The zero-order valence-electron chi connectivity index (χ0n) is 23.2. The maximum absolute atomic E-state index is 13.5. The first kappa shape index (κ1) is 32.3. The van der Waals surface area contributed by atoms with Crippen LogP contribution in [-0.2, 0) is 29.8 Å². The molecule has 0 unspecified atom stereocenters. The number of pyridine rings is 1. The molecule has 1 aliphatic rings. The number of aromatic nitrogens is 1. The maximum atomic E-state index is 13.5. The molecule has 14 nitrogen and oxygen atoms in total. The first-order valence-corrected chi connectivity index (χ1v) is 15.3. The summed E-state index contributed by atoms with van der Waals surface area (Å²) in [5, 5.41) is 20.4. The number of imide groups is 1. The van der Waals surface area contributed by atoms with Gasteiger partial charge in [-0.1, -0.05) is 12.2 Å². The predicted octanol–water partition coefficient (Wildman–Crippen LogP) is 3.25. The van der Waals surface area contributed by atoms with Crippen LogP contribution in [0.2, 0.25) is 0 Å². The van der Waals surface area contributed by atoms with E-state index >= 15 is 0 Å². The minimum atomic E-state index is -4.56. The van der Waals surface area contributed by atoms with Crippen LogP contribution >= 0.6 is 0 Å². The van der Waals surface area contributed by atoms with E-state index in [1.165, 1.54) is 32.1 Å². The van der Waals surface area contributed by atoms with Crippen molar-refractivity contribution < 1.29 is 40.6 Å². The third-order valence-corrected chi connectivity index (χ3v) is 8.52. The van der Waals surface area contributed by atoms with Crippen LogP contribution in [0, 0.1) is 24.8 Å². The average molecular weight is 649 g/mol. The number of allylic oxidation sites excluding steroid dienone is 2. The van der Waals surface area contributed by atoms with Gasteiger partial charge in [-0.15, -0.1) is 0 Å². The Kier molecular flexibility index (Phi) is 8.46. The van der Waals surface area contributed by atoms with E-state index in [1.54, 1.807) is 6.07 Å².